The molecule has 0 bridgehead atoms. The van der Waals surface area contributed by atoms with E-state index in [1.54, 1.807) is 31.0 Å². The number of ether oxygens (including phenoxy) is 1. The van der Waals surface area contributed by atoms with Gasteiger partial charge >= 0.3 is 12.1 Å². The summed E-state index contributed by atoms with van der Waals surface area (Å²) >= 11 is 0. The van der Waals surface area contributed by atoms with Crippen LogP contribution in [0.5, 0.6) is 5.75 Å². The van der Waals surface area contributed by atoms with Crippen LogP contribution in [0.15, 0.2) is 67.0 Å². The summed E-state index contributed by atoms with van der Waals surface area (Å²) in [4.78, 5) is 33.9. The van der Waals surface area contributed by atoms with Crippen LogP contribution in [0.4, 0.5) is 19.1 Å². The highest BCUT2D eigenvalue weighted by Gasteiger charge is 2.31. The molecule has 0 aliphatic carbocycles. The zero-order valence-corrected chi connectivity index (χ0v) is 25.5. The Balaban J connectivity index is 1.74. The average molecular weight is 621 g/mol. The van der Waals surface area contributed by atoms with Crippen LogP contribution in [-0.2, 0) is 24.1 Å². The van der Waals surface area contributed by atoms with E-state index in [0.717, 1.165) is 39.9 Å². The number of aromatic nitrogens is 2. The van der Waals surface area contributed by atoms with Crippen molar-refractivity contribution in [3.8, 4) is 16.9 Å². The molecule has 2 N–H and O–H groups in total. The largest absolute Gasteiger partial charge is 0.490 e. The molecule has 11 heteroatoms. The van der Waals surface area contributed by atoms with E-state index in [-0.39, 0.29) is 38.0 Å². The lowest BCUT2D eigenvalue weighted by Crippen LogP contribution is -2.25. The van der Waals surface area contributed by atoms with Crippen molar-refractivity contribution >= 4 is 17.8 Å². The van der Waals surface area contributed by atoms with Crippen LogP contribution in [0.3, 0.4) is 0 Å². The van der Waals surface area contributed by atoms with Crippen LogP contribution in [-0.4, -0.2) is 40.6 Å². The smallest absolute Gasteiger partial charge is 0.416 e. The third kappa shape index (κ3) is 8.81. The van der Waals surface area contributed by atoms with Crippen LogP contribution in [0.1, 0.15) is 56.6 Å². The van der Waals surface area contributed by atoms with Crippen molar-refractivity contribution in [1.82, 2.24) is 15.3 Å². The van der Waals surface area contributed by atoms with Gasteiger partial charge in [0.15, 0.2) is 5.75 Å². The zero-order chi connectivity index (χ0) is 32.7. The maximum absolute atomic E-state index is 13.7. The number of carboxylic acid groups (broad SMARTS) is 1. The summed E-state index contributed by atoms with van der Waals surface area (Å²) in [6.07, 6.45) is -1.30. The first kappa shape index (κ1) is 33.0. The Kier molecular flexibility index (Phi) is 10.4. The first-order valence-electron chi connectivity index (χ1n) is 14.4. The number of amides is 1. The molecule has 4 aromatic rings. The van der Waals surface area contributed by atoms with E-state index < -0.39 is 17.7 Å². The number of carbonyl (C=O) groups is 2. The molecule has 0 radical (unpaired) electrons. The normalized spacial score (nSPS) is 11.3. The Hall–Kier alpha value is -4.93. The monoisotopic (exact) mass is 620 g/mol. The molecule has 1 heterocycles. The predicted octanol–water partition coefficient (Wildman–Crippen LogP) is 6.90. The summed E-state index contributed by atoms with van der Waals surface area (Å²) in [7, 11) is 1.57. The van der Waals surface area contributed by atoms with Crippen molar-refractivity contribution in [2.75, 3.05) is 18.6 Å². The number of halogens is 3. The topological polar surface area (TPSA) is 105 Å². The van der Waals surface area contributed by atoms with Gasteiger partial charge in [-0.3, -0.25) is 9.59 Å². The SMILES string of the molecule is CNC(=O)c1ccc(C)c(-c2ccc(C)cc2CN(Cc2cc(C)cc(C(F)(F)F)c2)c2ncc(OCCCC(=O)O)cn2)c1. The molecule has 4 rings (SSSR count). The number of carbonyl (C=O) groups excluding carboxylic acids is 1. The minimum absolute atomic E-state index is 0.0343. The van der Waals surface area contributed by atoms with Gasteiger partial charge in [-0.2, -0.15) is 13.2 Å². The lowest BCUT2D eigenvalue weighted by molar-refractivity contribution is -0.138. The van der Waals surface area contributed by atoms with E-state index in [1.165, 1.54) is 12.4 Å². The van der Waals surface area contributed by atoms with E-state index in [0.29, 0.717) is 28.9 Å². The molecule has 0 aliphatic heterocycles. The van der Waals surface area contributed by atoms with Gasteiger partial charge in [-0.25, -0.2) is 9.97 Å². The van der Waals surface area contributed by atoms with E-state index >= 15 is 0 Å². The molecule has 0 unspecified atom stereocenters. The van der Waals surface area contributed by atoms with Gasteiger partial charge < -0.3 is 20.1 Å². The molecule has 0 aliphatic rings. The lowest BCUT2D eigenvalue weighted by Gasteiger charge is -2.26. The van der Waals surface area contributed by atoms with Crippen LogP contribution in [0.25, 0.3) is 11.1 Å². The van der Waals surface area contributed by atoms with Gasteiger partial charge in [0.1, 0.15) is 0 Å². The maximum atomic E-state index is 13.7. The second kappa shape index (κ2) is 14.2. The van der Waals surface area contributed by atoms with Crippen molar-refractivity contribution in [3.05, 3.63) is 106 Å². The highest BCUT2D eigenvalue weighted by atomic mass is 19.4. The van der Waals surface area contributed by atoms with Crippen LogP contribution >= 0.6 is 0 Å². The van der Waals surface area contributed by atoms with Gasteiger partial charge in [-0.15, -0.1) is 0 Å². The molecule has 1 aromatic heterocycles. The number of hydrogen-bond acceptors (Lipinski definition) is 6. The minimum atomic E-state index is -4.50. The fourth-order valence-corrected chi connectivity index (χ4v) is 5.02. The molecule has 0 fully saturated rings. The molecule has 0 saturated carbocycles. The number of carboxylic acids is 1. The fraction of sp³-hybridized carbons (Fsp3) is 0.294. The standard InChI is InChI=1S/C34H35F3N4O4/c1-21-7-10-29(30-16-25(32(44)38-4)9-8-23(30)3)26(13-21)20-41(19-24-12-22(2)14-27(15-24)34(35,36)37)33-39-17-28(18-40-33)45-11-5-6-31(42)43/h7-10,12-18H,5-6,11,19-20H2,1-4H3,(H,38,44)(H,42,43). The molecule has 0 spiro atoms. The lowest BCUT2D eigenvalue weighted by atomic mass is 9.92. The Morgan fingerprint density at radius 3 is 2.31 bits per heavy atom. The molecule has 236 valence electrons. The van der Waals surface area contributed by atoms with Crippen molar-refractivity contribution < 1.29 is 32.6 Å². The maximum Gasteiger partial charge on any atom is 0.416 e. The number of aryl methyl sites for hydroxylation is 3. The van der Waals surface area contributed by atoms with Crippen LogP contribution in [0.2, 0.25) is 0 Å². The molecular weight excluding hydrogens is 585 g/mol. The van der Waals surface area contributed by atoms with E-state index in [9.17, 15) is 22.8 Å². The van der Waals surface area contributed by atoms with Gasteiger partial charge in [0, 0.05) is 32.1 Å². The van der Waals surface area contributed by atoms with Gasteiger partial charge in [0.05, 0.1) is 24.6 Å². The molecule has 3 aromatic carbocycles. The van der Waals surface area contributed by atoms with Crippen molar-refractivity contribution in [2.24, 2.45) is 0 Å². The van der Waals surface area contributed by atoms with Crippen LogP contribution < -0.4 is 15.0 Å². The summed E-state index contributed by atoms with van der Waals surface area (Å²) in [6.45, 7) is 6.02. The summed E-state index contributed by atoms with van der Waals surface area (Å²) in [5, 5.41) is 11.5. The minimum Gasteiger partial charge on any atom is -0.490 e. The first-order chi connectivity index (χ1) is 21.3. The number of benzene rings is 3. The van der Waals surface area contributed by atoms with Gasteiger partial charge in [-0.05, 0) is 79.3 Å². The average Bonchev–Trinajstić information content (AvgIpc) is 2.99. The fourth-order valence-electron chi connectivity index (χ4n) is 5.02. The zero-order valence-electron chi connectivity index (χ0n) is 25.5. The second-order valence-corrected chi connectivity index (χ2v) is 10.9. The number of nitrogens with one attached hydrogen (secondary N) is 1. The van der Waals surface area contributed by atoms with Gasteiger partial charge in [0.25, 0.3) is 5.91 Å². The van der Waals surface area contributed by atoms with Gasteiger partial charge in [-0.1, -0.05) is 41.5 Å². The third-order valence-corrected chi connectivity index (χ3v) is 7.18. The van der Waals surface area contributed by atoms with Crippen molar-refractivity contribution in [3.63, 3.8) is 0 Å². The Bertz CT molecular complexity index is 1670. The van der Waals surface area contributed by atoms with E-state index in [2.05, 4.69) is 15.3 Å². The number of alkyl halides is 3. The Labute approximate surface area is 259 Å². The van der Waals surface area contributed by atoms with Crippen LogP contribution in [0, 0.1) is 20.8 Å². The molecule has 0 saturated heterocycles. The number of nitrogens with zero attached hydrogens (tertiary/aromatic N) is 3. The number of rotatable bonds is 12. The predicted molar refractivity (Wildman–Crippen MR) is 165 cm³/mol. The molecular formula is C34H35F3N4O4. The summed E-state index contributed by atoms with van der Waals surface area (Å²) in [5.41, 5.74) is 5.20. The summed E-state index contributed by atoms with van der Waals surface area (Å²) in [6, 6.07) is 15.4. The summed E-state index contributed by atoms with van der Waals surface area (Å²) < 4.78 is 46.7. The first-order valence-corrected chi connectivity index (χ1v) is 14.4. The number of aliphatic carboxylic acids is 1. The number of hydrogen-bond donors (Lipinski definition) is 2. The highest BCUT2D eigenvalue weighted by Crippen LogP contribution is 2.33. The van der Waals surface area contributed by atoms with Crippen molar-refractivity contribution in [1.29, 1.82) is 0 Å². The van der Waals surface area contributed by atoms with Crippen molar-refractivity contribution in [2.45, 2.75) is 52.9 Å². The Morgan fingerprint density at radius 2 is 1.64 bits per heavy atom. The second-order valence-electron chi connectivity index (χ2n) is 10.9. The molecule has 0 atom stereocenters. The molecule has 45 heavy (non-hydrogen) atoms. The molecule has 1 amide bonds. The van der Waals surface area contributed by atoms with Gasteiger partial charge in [0.2, 0.25) is 5.95 Å². The Morgan fingerprint density at radius 1 is 0.911 bits per heavy atom. The molecule has 8 nitrogen and oxygen atoms in total. The quantitative estimate of drug-likeness (QED) is 0.166. The van der Waals surface area contributed by atoms with E-state index in [4.69, 9.17) is 9.84 Å². The number of anilines is 1. The third-order valence-electron chi connectivity index (χ3n) is 7.18. The van der Waals surface area contributed by atoms with E-state index in [1.807, 2.05) is 44.2 Å². The highest BCUT2D eigenvalue weighted by molar-refractivity contribution is 5.95. The summed E-state index contributed by atoms with van der Waals surface area (Å²) in [5.74, 6) is -0.523.